The second kappa shape index (κ2) is 12.4. The quantitative estimate of drug-likeness (QED) is 0.329. The molecule has 4 rings (SSSR count). The molecule has 0 aliphatic carbocycles. The second-order valence-electron chi connectivity index (χ2n) is 11.4. The number of amides is 4. The van der Waals surface area contributed by atoms with Crippen molar-refractivity contribution in [1.82, 2.24) is 5.32 Å². The number of nitrogens with two attached hydrogens (primary N) is 1. The Labute approximate surface area is 247 Å². The number of benzene rings is 3. The molecule has 2 unspecified atom stereocenters. The van der Waals surface area contributed by atoms with E-state index in [0.717, 1.165) is 35.1 Å². The molecule has 216 valence electrons. The molecule has 3 aromatic carbocycles. The van der Waals surface area contributed by atoms with Crippen LogP contribution in [0.2, 0.25) is 5.02 Å². The fraction of sp³-hybridized carbons (Fsp3) is 0.364. The molecule has 3 aromatic rings. The smallest absolute Gasteiger partial charge is 0.320 e. The zero-order valence-electron chi connectivity index (χ0n) is 24.4. The summed E-state index contributed by atoms with van der Waals surface area (Å²) in [6.45, 7) is 9.68. The van der Waals surface area contributed by atoms with Crippen molar-refractivity contribution in [1.29, 1.82) is 0 Å². The van der Waals surface area contributed by atoms with E-state index in [9.17, 15) is 14.4 Å². The SMILES string of the molecule is CCc1cccc(N(C(N)=O)C2CC(c3ccc(C)cc3)c3ccc(Cl)cc3N(CC(=O)NC(C)(C)CC)C2=O)c1. The summed E-state index contributed by atoms with van der Waals surface area (Å²) in [5, 5.41) is 3.48. The summed E-state index contributed by atoms with van der Waals surface area (Å²) in [5.74, 6) is -0.969. The Bertz CT molecular complexity index is 1440. The van der Waals surface area contributed by atoms with Crippen molar-refractivity contribution in [3.8, 4) is 0 Å². The maximum absolute atomic E-state index is 14.5. The summed E-state index contributed by atoms with van der Waals surface area (Å²) in [5.41, 5.74) is 10.6. The molecule has 0 saturated carbocycles. The van der Waals surface area contributed by atoms with Gasteiger partial charge in [0.2, 0.25) is 5.91 Å². The minimum atomic E-state index is -0.968. The number of fused-ring (bicyclic) bond motifs is 1. The summed E-state index contributed by atoms with van der Waals surface area (Å²) >= 11 is 6.48. The van der Waals surface area contributed by atoms with Crippen LogP contribution >= 0.6 is 11.6 Å². The molecule has 0 bridgehead atoms. The highest BCUT2D eigenvalue weighted by atomic mass is 35.5. The second-order valence-corrected chi connectivity index (χ2v) is 11.8. The van der Waals surface area contributed by atoms with Crippen LogP contribution in [0.1, 0.15) is 68.7 Å². The topological polar surface area (TPSA) is 95.7 Å². The minimum absolute atomic E-state index is 0.228. The molecular weight excluding hydrogens is 536 g/mol. The maximum atomic E-state index is 14.5. The van der Waals surface area contributed by atoms with Crippen LogP contribution in [-0.2, 0) is 16.0 Å². The van der Waals surface area contributed by atoms with E-state index in [1.807, 2.05) is 83.1 Å². The Morgan fingerprint density at radius 1 is 1.07 bits per heavy atom. The molecule has 0 radical (unpaired) electrons. The molecule has 3 N–H and O–H groups in total. The molecule has 0 saturated heterocycles. The van der Waals surface area contributed by atoms with Gasteiger partial charge in [-0.15, -0.1) is 0 Å². The minimum Gasteiger partial charge on any atom is -0.351 e. The molecule has 2 atom stereocenters. The number of anilines is 2. The van der Waals surface area contributed by atoms with Crippen LogP contribution in [-0.4, -0.2) is 36.0 Å². The molecule has 4 amide bonds. The molecule has 0 fully saturated rings. The lowest BCUT2D eigenvalue weighted by molar-refractivity contribution is -0.125. The van der Waals surface area contributed by atoms with Gasteiger partial charge in [0.05, 0.1) is 0 Å². The van der Waals surface area contributed by atoms with E-state index in [-0.39, 0.29) is 24.8 Å². The molecular formula is C33H39ClN4O3. The zero-order chi connectivity index (χ0) is 29.9. The number of urea groups is 1. The van der Waals surface area contributed by atoms with Gasteiger partial charge >= 0.3 is 6.03 Å². The first-order valence-electron chi connectivity index (χ1n) is 14.1. The lowest BCUT2D eigenvalue weighted by Crippen LogP contribution is -2.55. The predicted octanol–water partition coefficient (Wildman–Crippen LogP) is 6.34. The van der Waals surface area contributed by atoms with Crippen molar-refractivity contribution in [2.45, 2.75) is 71.4 Å². The average molecular weight is 575 g/mol. The molecule has 1 aliphatic heterocycles. The molecule has 1 heterocycles. The third-order valence-corrected chi connectivity index (χ3v) is 8.19. The summed E-state index contributed by atoms with van der Waals surface area (Å²) in [6, 6.07) is 19.4. The number of hydrogen-bond acceptors (Lipinski definition) is 3. The van der Waals surface area contributed by atoms with Gasteiger partial charge in [0.1, 0.15) is 12.6 Å². The summed E-state index contributed by atoms with van der Waals surface area (Å²) in [6.07, 6.45) is 1.75. The van der Waals surface area contributed by atoms with Crippen LogP contribution in [0, 0.1) is 6.92 Å². The number of halogens is 1. The number of nitrogens with zero attached hydrogens (tertiary/aromatic N) is 2. The van der Waals surface area contributed by atoms with E-state index in [2.05, 4.69) is 5.32 Å². The highest BCUT2D eigenvalue weighted by Crippen LogP contribution is 2.42. The summed E-state index contributed by atoms with van der Waals surface area (Å²) in [4.78, 5) is 43.8. The van der Waals surface area contributed by atoms with Gasteiger partial charge in [0.15, 0.2) is 0 Å². The normalized spacial score (nSPS) is 17.0. The highest BCUT2D eigenvalue weighted by Gasteiger charge is 2.41. The van der Waals surface area contributed by atoms with Crippen LogP contribution < -0.4 is 20.9 Å². The van der Waals surface area contributed by atoms with Gasteiger partial charge in [-0.1, -0.05) is 73.5 Å². The van der Waals surface area contributed by atoms with Gasteiger partial charge in [0, 0.05) is 27.9 Å². The molecule has 8 heteroatoms. The first-order valence-corrected chi connectivity index (χ1v) is 14.5. The number of aryl methyl sites for hydroxylation is 2. The Balaban J connectivity index is 1.90. The van der Waals surface area contributed by atoms with Gasteiger partial charge in [-0.25, -0.2) is 4.79 Å². The summed E-state index contributed by atoms with van der Waals surface area (Å²) in [7, 11) is 0. The first-order chi connectivity index (χ1) is 19.4. The van der Waals surface area contributed by atoms with Crippen molar-refractivity contribution in [3.63, 3.8) is 0 Å². The van der Waals surface area contributed by atoms with Crippen LogP contribution in [0.5, 0.6) is 0 Å². The van der Waals surface area contributed by atoms with E-state index in [1.54, 1.807) is 18.2 Å². The van der Waals surface area contributed by atoms with Crippen LogP contribution in [0.15, 0.2) is 66.7 Å². The van der Waals surface area contributed by atoms with Crippen LogP contribution in [0.25, 0.3) is 0 Å². The van der Waals surface area contributed by atoms with E-state index in [0.29, 0.717) is 16.4 Å². The predicted molar refractivity (Wildman–Crippen MR) is 166 cm³/mol. The summed E-state index contributed by atoms with van der Waals surface area (Å²) < 4.78 is 0. The van der Waals surface area contributed by atoms with E-state index in [4.69, 9.17) is 17.3 Å². The van der Waals surface area contributed by atoms with Crippen molar-refractivity contribution in [2.24, 2.45) is 5.73 Å². The number of carbonyl (C=O) groups is 3. The van der Waals surface area contributed by atoms with Gasteiger partial charge in [0.25, 0.3) is 5.91 Å². The number of primary amides is 1. The van der Waals surface area contributed by atoms with Gasteiger partial charge < -0.3 is 16.0 Å². The zero-order valence-corrected chi connectivity index (χ0v) is 25.2. The molecule has 1 aliphatic rings. The largest absolute Gasteiger partial charge is 0.351 e. The molecule has 0 aromatic heterocycles. The number of rotatable bonds is 8. The number of nitrogens with one attached hydrogen (secondary N) is 1. The van der Waals surface area contributed by atoms with Crippen LogP contribution in [0.4, 0.5) is 16.2 Å². The lowest BCUT2D eigenvalue weighted by Gasteiger charge is -2.33. The standard InChI is InChI=1S/C33H39ClN4O3/c1-6-22-9-8-10-25(17-22)38(32(35)41)29-19-27(23-13-11-21(3)12-14-23)26-16-15-24(34)18-28(26)37(31(29)40)20-30(39)36-33(4,5)7-2/h8-18,27,29H,6-7,19-20H2,1-5H3,(H2,35,41)(H,36,39). The fourth-order valence-corrected chi connectivity index (χ4v) is 5.49. The number of hydrogen-bond donors (Lipinski definition) is 2. The van der Waals surface area contributed by atoms with Gasteiger partial charge in [-0.05, 0) is 81.0 Å². The van der Waals surface area contributed by atoms with E-state index < -0.39 is 23.5 Å². The third kappa shape index (κ3) is 6.73. The van der Waals surface area contributed by atoms with Gasteiger partial charge in [-0.3, -0.25) is 14.5 Å². The van der Waals surface area contributed by atoms with Crippen molar-refractivity contribution < 1.29 is 14.4 Å². The Morgan fingerprint density at radius 3 is 2.41 bits per heavy atom. The Kier molecular flexibility index (Phi) is 9.08. The molecule has 0 spiro atoms. The van der Waals surface area contributed by atoms with E-state index in [1.165, 1.54) is 9.80 Å². The van der Waals surface area contributed by atoms with Crippen molar-refractivity contribution in [3.05, 3.63) is 94.0 Å². The van der Waals surface area contributed by atoms with Crippen molar-refractivity contribution >= 4 is 40.8 Å². The monoisotopic (exact) mass is 574 g/mol. The van der Waals surface area contributed by atoms with E-state index >= 15 is 0 Å². The lowest BCUT2D eigenvalue weighted by atomic mass is 9.85. The van der Waals surface area contributed by atoms with Crippen LogP contribution in [0.3, 0.4) is 0 Å². The highest BCUT2D eigenvalue weighted by molar-refractivity contribution is 6.31. The molecule has 41 heavy (non-hydrogen) atoms. The molecule has 7 nitrogen and oxygen atoms in total. The first kappa shape index (κ1) is 30.1. The van der Waals surface area contributed by atoms with Gasteiger partial charge in [-0.2, -0.15) is 0 Å². The average Bonchev–Trinajstić information content (AvgIpc) is 3.04. The Morgan fingerprint density at radius 2 is 1.78 bits per heavy atom. The fourth-order valence-electron chi connectivity index (χ4n) is 5.32. The third-order valence-electron chi connectivity index (χ3n) is 7.96. The van der Waals surface area contributed by atoms with Crippen molar-refractivity contribution in [2.75, 3.05) is 16.3 Å². The Hall–Kier alpha value is -3.84. The number of carbonyl (C=O) groups excluding carboxylic acids is 3. The maximum Gasteiger partial charge on any atom is 0.320 e.